The quantitative estimate of drug-likeness (QED) is 0.867. The zero-order chi connectivity index (χ0) is 13.1. The minimum Gasteiger partial charge on any atom is -0.384 e. The van der Waals surface area contributed by atoms with Crippen molar-refractivity contribution < 1.29 is 0 Å². The predicted molar refractivity (Wildman–Crippen MR) is 75.0 cm³/mol. The lowest BCUT2D eigenvalue weighted by Crippen LogP contribution is -2.00. The number of anilines is 3. The van der Waals surface area contributed by atoms with Gasteiger partial charge >= 0.3 is 0 Å². The van der Waals surface area contributed by atoms with E-state index >= 15 is 0 Å². The number of nitrogen functional groups attached to an aromatic ring is 1. The molecule has 0 amide bonds. The zero-order valence-corrected chi connectivity index (χ0v) is 10.9. The molecule has 0 atom stereocenters. The van der Waals surface area contributed by atoms with Gasteiger partial charge in [0.25, 0.3) is 0 Å². The number of hydrogen-bond acceptors (Lipinski definition) is 4. The average Bonchev–Trinajstić information content (AvgIpc) is 2.28. The van der Waals surface area contributed by atoms with E-state index in [2.05, 4.69) is 41.3 Å². The van der Waals surface area contributed by atoms with Crippen LogP contribution in [0.25, 0.3) is 0 Å². The van der Waals surface area contributed by atoms with Crippen LogP contribution in [0.5, 0.6) is 0 Å². The van der Waals surface area contributed by atoms with Crippen LogP contribution in [0, 0.1) is 6.92 Å². The van der Waals surface area contributed by atoms with Gasteiger partial charge in [-0.3, -0.25) is 0 Å². The summed E-state index contributed by atoms with van der Waals surface area (Å²) in [7, 11) is 0. The first-order valence-corrected chi connectivity index (χ1v) is 6.03. The summed E-state index contributed by atoms with van der Waals surface area (Å²) in [5, 5.41) is 3.22. The normalized spacial score (nSPS) is 10.7. The van der Waals surface area contributed by atoms with E-state index < -0.39 is 0 Å². The second kappa shape index (κ2) is 5.04. The van der Waals surface area contributed by atoms with Crippen LogP contribution in [-0.2, 0) is 0 Å². The van der Waals surface area contributed by atoms with Crippen molar-refractivity contribution in [2.45, 2.75) is 26.7 Å². The van der Waals surface area contributed by atoms with Crippen molar-refractivity contribution >= 4 is 17.3 Å². The molecule has 1 heterocycles. The summed E-state index contributed by atoms with van der Waals surface area (Å²) in [6.45, 7) is 6.18. The molecule has 0 bridgehead atoms. The third-order valence-corrected chi connectivity index (χ3v) is 2.71. The summed E-state index contributed by atoms with van der Waals surface area (Å²) in [6, 6.07) is 10.0. The molecule has 0 unspecified atom stereocenters. The fraction of sp³-hybridized carbons (Fsp3) is 0.286. The molecule has 0 saturated carbocycles. The number of aromatic nitrogens is 2. The van der Waals surface area contributed by atoms with Crippen molar-refractivity contribution in [1.29, 1.82) is 0 Å². The van der Waals surface area contributed by atoms with Crippen molar-refractivity contribution in [2.24, 2.45) is 0 Å². The van der Waals surface area contributed by atoms with E-state index in [-0.39, 0.29) is 0 Å². The molecule has 0 saturated heterocycles. The Kier molecular flexibility index (Phi) is 3.46. The highest BCUT2D eigenvalue weighted by Gasteiger charge is 2.01. The lowest BCUT2D eigenvalue weighted by molar-refractivity contribution is 0.867. The molecule has 4 nitrogen and oxygen atoms in total. The molecule has 3 N–H and O–H groups in total. The summed E-state index contributed by atoms with van der Waals surface area (Å²) in [5.74, 6) is 2.40. The fourth-order valence-corrected chi connectivity index (χ4v) is 1.75. The first-order chi connectivity index (χ1) is 8.54. The Morgan fingerprint density at radius 3 is 2.33 bits per heavy atom. The van der Waals surface area contributed by atoms with E-state index in [0.29, 0.717) is 17.6 Å². The van der Waals surface area contributed by atoms with E-state index in [1.807, 2.05) is 19.1 Å². The number of aryl methyl sites for hydroxylation is 1. The first kappa shape index (κ1) is 12.4. The van der Waals surface area contributed by atoms with E-state index in [9.17, 15) is 0 Å². The van der Waals surface area contributed by atoms with Crippen LogP contribution in [0.4, 0.5) is 17.3 Å². The largest absolute Gasteiger partial charge is 0.384 e. The molecule has 0 aliphatic carbocycles. The summed E-state index contributed by atoms with van der Waals surface area (Å²) >= 11 is 0. The van der Waals surface area contributed by atoms with Gasteiger partial charge in [0.05, 0.1) is 0 Å². The van der Waals surface area contributed by atoms with Gasteiger partial charge in [0.1, 0.15) is 17.5 Å². The highest BCUT2D eigenvalue weighted by molar-refractivity contribution is 5.58. The zero-order valence-electron chi connectivity index (χ0n) is 10.9. The van der Waals surface area contributed by atoms with Gasteiger partial charge in [-0.25, -0.2) is 9.97 Å². The van der Waals surface area contributed by atoms with E-state index in [1.54, 1.807) is 6.07 Å². The van der Waals surface area contributed by atoms with Gasteiger partial charge in [-0.1, -0.05) is 26.0 Å². The summed E-state index contributed by atoms with van der Waals surface area (Å²) in [6.07, 6.45) is 0. The molecule has 0 spiro atoms. The van der Waals surface area contributed by atoms with Crippen LogP contribution in [0.3, 0.4) is 0 Å². The molecule has 2 aromatic rings. The van der Waals surface area contributed by atoms with Crippen LogP contribution >= 0.6 is 0 Å². The van der Waals surface area contributed by atoms with Gasteiger partial charge < -0.3 is 11.1 Å². The van der Waals surface area contributed by atoms with Crippen molar-refractivity contribution in [3.63, 3.8) is 0 Å². The van der Waals surface area contributed by atoms with E-state index in [1.165, 1.54) is 5.56 Å². The Bertz CT molecular complexity index is 512. The fourth-order valence-electron chi connectivity index (χ4n) is 1.75. The lowest BCUT2D eigenvalue weighted by atomic mass is 10.0. The van der Waals surface area contributed by atoms with Crippen molar-refractivity contribution in [3.8, 4) is 0 Å². The van der Waals surface area contributed by atoms with Gasteiger partial charge in [-0.15, -0.1) is 0 Å². The predicted octanol–water partition coefficient (Wildman–Crippen LogP) is 3.23. The number of benzene rings is 1. The second-order valence-electron chi connectivity index (χ2n) is 4.63. The van der Waals surface area contributed by atoms with Crippen LogP contribution in [0.15, 0.2) is 30.3 Å². The van der Waals surface area contributed by atoms with Gasteiger partial charge in [-0.05, 0) is 30.5 Å². The third kappa shape index (κ3) is 2.97. The molecule has 0 aliphatic rings. The maximum atomic E-state index is 5.69. The smallest absolute Gasteiger partial charge is 0.136 e. The third-order valence-electron chi connectivity index (χ3n) is 2.71. The highest BCUT2D eigenvalue weighted by atomic mass is 15.0. The standard InChI is InChI=1S/C14H18N4/c1-9(2)11-4-6-12(7-5-11)18-14-8-13(15)16-10(3)17-14/h4-9H,1-3H3,(H3,15,16,17,18). The Hall–Kier alpha value is -2.10. The minimum atomic E-state index is 0.476. The minimum absolute atomic E-state index is 0.476. The highest BCUT2D eigenvalue weighted by Crippen LogP contribution is 2.20. The van der Waals surface area contributed by atoms with Gasteiger partial charge in [-0.2, -0.15) is 0 Å². The van der Waals surface area contributed by atoms with Gasteiger partial charge in [0.15, 0.2) is 0 Å². The molecule has 18 heavy (non-hydrogen) atoms. The number of nitrogens with one attached hydrogen (secondary N) is 1. The molecule has 94 valence electrons. The van der Waals surface area contributed by atoms with Crippen LogP contribution < -0.4 is 11.1 Å². The average molecular weight is 242 g/mol. The summed E-state index contributed by atoms with van der Waals surface area (Å²) in [5.41, 5.74) is 8.00. The second-order valence-corrected chi connectivity index (χ2v) is 4.63. The number of hydrogen-bond donors (Lipinski definition) is 2. The maximum Gasteiger partial charge on any atom is 0.136 e. The number of nitrogens with zero attached hydrogens (tertiary/aromatic N) is 2. The van der Waals surface area contributed by atoms with E-state index in [4.69, 9.17) is 5.73 Å². The number of nitrogens with two attached hydrogens (primary N) is 1. The topological polar surface area (TPSA) is 63.8 Å². The summed E-state index contributed by atoms with van der Waals surface area (Å²) in [4.78, 5) is 8.32. The molecule has 0 radical (unpaired) electrons. The molecule has 0 fully saturated rings. The molecule has 1 aromatic heterocycles. The van der Waals surface area contributed by atoms with Gasteiger partial charge in [0.2, 0.25) is 0 Å². The first-order valence-electron chi connectivity index (χ1n) is 6.03. The Morgan fingerprint density at radius 2 is 1.78 bits per heavy atom. The van der Waals surface area contributed by atoms with Crippen molar-refractivity contribution in [3.05, 3.63) is 41.7 Å². The molecule has 2 rings (SSSR count). The number of rotatable bonds is 3. The Morgan fingerprint density at radius 1 is 1.11 bits per heavy atom. The molecular weight excluding hydrogens is 224 g/mol. The summed E-state index contributed by atoms with van der Waals surface area (Å²) < 4.78 is 0. The Balaban J connectivity index is 2.18. The van der Waals surface area contributed by atoms with E-state index in [0.717, 1.165) is 11.5 Å². The van der Waals surface area contributed by atoms with Crippen LogP contribution in [0.2, 0.25) is 0 Å². The maximum absolute atomic E-state index is 5.69. The molecule has 0 aliphatic heterocycles. The molecule has 4 heteroatoms. The monoisotopic (exact) mass is 242 g/mol. The van der Waals surface area contributed by atoms with Crippen molar-refractivity contribution in [1.82, 2.24) is 9.97 Å². The van der Waals surface area contributed by atoms with Crippen LogP contribution in [0.1, 0.15) is 31.2 Å². The SMILES string of the molecule is Cc1nc(N)cc(Nc2ccc(C(C)C)cc2)n1. The lowest BCUT2D eigenvalue weighted by Gasteiger charge is -2.09. The Labute approximate surface area is 107 Å². The van der Waals surface area contributed by atoms with Crippen molar-refractivity contribution in [2.75, 3.05) is 11.1 Å². The molecular formula is C14H18N4. The van der Waals surface area contributed by atoms with Gasteiger partial charge in [0, 0.05) is 11.8 Å². The van der Waals surface area contributed by atoms with Crippen LogP contribution in [-0.4, -0.2) is 9.97 Å². The molecule has 1 aromatic carbocycles.